The lowest BCUT2D eigenvalue weighted by atomic mass is 10.00. The molecule has 2 rings (SSSR count). The quantitative estimate of drug-likeness (QED) is 0.908. The number of nitrogens with one attached hydrogen (secondary N) is 1. The molecule has 0 aromatic carbocycles. The predicted octanol–water partition coefficient (Wildman–Crippen LogP) is 3.19. The van der Waals surface area contributed by atoms with Gasteiger partial charge in [0.25, 0.3) is 0 Å². The molecule has 1 aromatic rings. The van der Waals surface area contributed by atoms with Gasteiger partial charge in [0.1, 0.15) is 17.5 Å². The van der Waals surface area contributed by atoms with Gasteiger partial charge in [-0.25, -0.2) is 9.97 Å². The second kappa shape index (κ2) is 5.76. The second-order valence-corrected chi connectivity index (χ2v) is 5.98. The molecule has 0 saturated carbocycles. The van der Waals surface area contributed by atoms with E-state index in [0.717, 1.165) is 36.5 Å². The zero-order valence-corrected chi connectivity index (χ0v) is 12.8. The number of hydrogen-bond acceptors (Lipinski definition) is 4. The maximum atomic E-state index is 4.81. The van der Waals surface area contributed by atoms with Crippen LogP contribution in [0.3, 0.4) is 0 Å². The van der Waals surface area contributed by atoms with Gasteiger partial charge in [0.2, 0.25) is 0 Å². The minimum absolute atomic E-state index is 0.355. The van der Waals surface area contributed by atoms with Crippen molar-refractivity contribution in [3.63, 3.8) is 0 Å². The molecule has 0 amide bonds. The summed E-state index contributed by atoms with van der Waals surface area (Å²) in [6.07, 6.45) is 2.59. The fourth-order valence-electron chi connectivity index (χ4n) is 2.71. The molecule has 2 heterocycles. The molecule has 0 radical (unpaired) electrons. The fraction of sp³-hybridized carbons (Fsp3) is 0.733. The molecule has 0 spiro atoms. The first-order chi connectivity index (χ1) is 9.02. The van der Waals surface area contributed by atoms with Crippen molar-refractivity contribution in [3.8, 4) is 0 Å². The number of piperidine rings is 1. The van der Waals surface area contributed by atoms with Crippen molar-refractivity contribution >= 4 is 11.6 Å². The molecule has 1 atom stereocenters. The van der Waals surface area contributed by atoms with Gasteiger partial charge >= 0.3 is 0 Å². The summed E-state index contributed by atoms with van der Waals surface area (Å²) in [5, 5.41) is 3.20. The zero-order valence-electron chi connectivity index (χ0n) is 12.8. The van der Waals surface area contributed by atoms with Gasteiger partial charge in [-0.1, -0.05) is 20.8 Å². The van der Waals surface area contributed by atoms with Crippen molar-refractivity contribution < 1.29 is 0 Å². The van der Waals surface area contributed by atoms with Crippen LogP contribution in [0.4, 0.5) is 11.6 Å². The molecule has 1 saturated heterocycles. The number of anilines is 2. The lowest BCUT2D eigenvalue weighted by Crippen LogP contribution is -2.35. The molecule has 1 aromatic heterocycles. The molecule has 1 fully saturated rings. The Bertz CT molecular complexity index is 442. The van der Waals surface area contributed by atoms with E-state index in [1.54, 1.807) is 0 Å². The Hall–Kier alpha value is -1.32. The molecule has 0 aliphatic carbocycles. The minimum atomic E-state index is 0.355. The van der Waals surface area contributed by atoms with E-state index in [9.17, 15) is 0 Å². The first-order valence-electron chi connectivity index (χ1n) is 7.34. The molecule has 4 heteroatoms. The standard InChI is InChI=1S/C15H26N4/c1-10(2)13-17-14(16-5)12(4)15(18-13)19-8-6-7-11(3)9-19/h10-11H,6-9H2,1-5H3,(H,16,17,18). The van der Waals surface area contributed by atoms with Gasteiger partial charge in [0, 0.05) is 31.6 Å². The fourth-order valence-corrected chi connectivity index (χ4v) is 2.71. The Labute approximate surface area is 116 Å². The summed E-state index contributed by atoms with van der Waals surface area (Å²) in [5.41, 5.74) is 1.17. The van der Waals surface area contributed by atoms with Gasteiger partial charge in [0.05, 0.1) is 0 Å². The Morgan fingerprint density at radius 2 is 2.05 bits per heavy atom. The number of hydrogen-bond donors (Lipinski definition) is 1. The maximum Gasteiger partial charge on any atom is 0.137 e. The Morgan fingerprint density at radius 1 is 1.32 bits per heavy atom. The van der Waals surface area contributed by atoms with Crippen LogP contribution in [0, 0.1) is 12.8 Å². The number of aromatic nitrogens is 2. The normalized spacial score (nSPS) is 19.9. The summed E-state index contributed by atoms with van der Waals surface area (Å²) < 4.78 is 0. The average Bonchev–Trinajstić information content (AvgIpc) is 2.38. The van der Waals surface area contributed by atoms with Crippen LogP contribution in [-0.2, 0) is 0 Å². The third-order valence-electron chi connectivity index (χ3n) is 3.85. The third kappa shape index (κ3) is 2.99. The molecule has 1 N–H and O–H groups in total. The summed E-state index contributed by atoms with van der Waals surface area (Å²) in [6.45, 7) is 11.0. The van der Waals surface area contributed by atoms with Crippen LogP contribution < -0.4 is 10.2 Å². The summed E-state index contributed by atoms with van der Waals surface area (Å²) in [4.78, 5) is 11.9. The van der Waals surface area contributed by atoms with E-state index in [1.165, 1.54) is 18.4 Å². The molecule has 1 aliphatic heterocycles. The van der Waals surface area contributed by atoms with Crippen LogP contribution in [-0.4, -0.2) is 30.1 Å². The van der Waals surface area contributed by atoms with Crippen molar-refractivity contribution in [1.29, 1.82) is 0 Å². The lowest BCUT2D eigenvalue weighted by Gasteiger charge is -2.33. The summed E-state index contributed by atoms with van der Waals surface area (Å²) in [6, 6.07) is 0. The highest BCUT2D eigenvalue weighted by molar-refractivity contribution is 5.58. The summed E-state index contributed by atoms with van der Waals surface area (Å²) in [5.74, 6) is 4.13. The van der Waals surface area contributed by atoms with Crippen molar-refractivity contribution in [1.82, 2.24) is 9.97 Å². The van der Waals surface area contributed by atoms with Crippen LogP contribution in [0.1, 0.15) is 50.9 Å². The molecular formula is C15H26N4. The van der Waals surface area contributed by atoms with E-state index in [2.05, 4.69) is 42.9 Å². The van der Waals surface area contributed by atoms with Gasteiger partial charge < -0.3 is 10.2 Å². The van der Waals surface area contributed by atoms with E-state index in [4.69, 9.17) is 4.98 Å². The van der Waals surface area contributed by atoms with Crippen LogP contribution >= 0.6 is 0 Å². The van der Waals surface area contributed by atoms with Crippen LogP contribution in [0.25, 0.3) is 0 Å². The summed E-state index contributed by atoms with van der Waals surface area (Å²) in [7, 11) is 1.93. The lowest BCUT2D eigenvalue weighted by molar-refractivity contribution is 0.443. The monoisotopic (exact) mass is 262 g/mol. The number of rotatable bonds is 3. The molecule has 1 unspecified atom stereocenters. The maximum absolute atomic E-state index is 4.81. The van der Waals surface area contributed by atoms with E-state index >= 15 is 0 Å². The predicted molar refractivity (Wildman–Crippen MR) is 81.0 cm³/mol. The highest BCUT2D eigenvalue weighted by atomic mass is 15.2. The van der Waals surface area contributed by atoms with Gasteiger partial charge in [-0.2, -0.15) is 0 Å². The van der Waals surface area contributed by atoms with Crippen LogP contribution in [0.2, 0.25) is 0 Å². The van der Waals surface area contributed by atoms with Crippen LogP contribution in [0.5, 0.6) is 0 Å². The molecule has 1 aliphatic rings. The second-order valence-electron chi connectivity index (χ2n) is 5.98. The number of nitrogens with zero attached hydrogens (tertiary/aromatic N) is 3. The van der Waals surface area contributed by atoms with Gasteiger partial charge in [-0.15, -0.1) is 0 Å². The highest BCUT2D eigenvalue weighted by Gasteiger charge is 2.22. The van der Waals surface area contributed by atoms with Crippen molar-refractivity contribution in [2.45, 2.75) is 46.5 Å². The molecular weight excluding hydrogens is 236 g/mol. The Balaban J connectivity index is 2.39. The minimum Gasteiger partial charge on any atom is -0.373 e. The van der Waals surface area contributed by atoms with E-state index in [1.807, 2.05) is 7.05 Å². The van der Waals surface area contributed by atoms with E-state index < -0.39 is 0 Å². The zero-order chi connectivity index (χ0) is 14.0. The SMILES string of the molecule is CNc1nc(C(C)C)nc(N2CCCC(C)C2)c1C. The van der Waals surface area contributed by atoms with E-state index in [-0.39, 0.29) is 0 Å². The van der Waals surface area contributed by atoms with Gasteiger partial charge in [-0.3, -0.25) is 0 Å². The molecule has 106 valence electrons. The average molecular weight is 262 g/mol. The molecule has 0 bridgehead atoms. The smallest absolute Gasteiger partial charge is 0.137 e. The van der Waals surface area contributed by atoms with Gasteiger partial charge in [-0.05, 0) is 25.7 Å². The van der Waals surface area contributed by atoms with Crippen molar-refractivity contribution in [2.75, 3.05) is 30.4 Å². The topological polar surface area (TPSA) is 41.1 Å². The van der Waals surface area contributed by atoms with E-state index in [0.29, 0.717) is 5.92 Å². The largest absolute Gasteiger partial charge is 0.373 e. The molecule has 19 heavy (non-hydrogen) atoms. The first-order valence-corrected chi connectivity index (χ1v) is 7.34. The van der Waals surface area contributed by atoms with Crippen molar-refractivity contribution in [3.05, 3.63) is 11.4 Å². The Morgan fingerprint density at radius 3 is 2.63 bits per heavy atom. The Kier molecular flexibility index (Phi) is 4.27. The summed E-state index contributed by atoms with van der Waals surface area (Å²) >= 11 is 0. The van der Waals surface area contributed by atoms with Gasteiger partial charge in [0.15, 0.2) is 0 Å². The van der Waals surface area contributed by atoms with Crippen LogP contribution in [0.15, 0.2) is 0 Å². The highest BCUT2D eigenvalue weighted by Crippen LogP contribution is 2.29. The first kappa shape index (κ1) is 14.1. The van der Waals surface area contributed by atoms with Crippen molar-refractivity contribution in [2.24, 2.45) is 5.92 Å². The third-order valence-corrected chi connectivity index (χ3v) is 3.85. The molecule has 4 nitrogen and oxygen atoms in total.